The maximum Gasteiger partial charge on any atom is 0.261 e. The van der Waals surface area contributed by atoms with Crippen LogP contribution >= 0.6 is 39.1 Å². The molecule has 0 spiro atoms. The van der Waals surface area contributed by atoms with E-state index in [2.05, 4.69) is 35.1 Å². The lowest BCUT2D eigenvalue weighted by molar-refractivity contribution is -0.142. The van der Waals surface area contributed by atoms with E-state index >= 15 is 0 Å². The molecule has 0 radical (unpaired) electrons. The second kappa shape index (κ2) is 11.0. The molecule has 5 nitrogen and oxygen atoms in total. The van der Waals surface area contributed by atoms with E-state index in [1.807, 2.05) is 18.2 Å². The Bertz CT molecular complexity index is 901. The smallest absolute Gasteiger partial charge is 0.261 e. The third kappa shape index (κ3) is 6.13. The number of ether oxygens (including phenoxy) is 1. The first kappa shape index (κ1) is 24.5. The summed E-state index contributed by atoms with van der Waals surface area (Å²) >= 11 is 16.0. The first-order chi connectivity index (χ1) is 14.1. The fraction of sp³-hybridized carbons (Fsp3) is 0.364. The van der Waals surface area contributed by atoms with Gasteiger partial charge in [0, 0.05) is 29.2 Å². The van der Waals surface area contributed by atoms with Crippen molar-refractivity contribution < 1.29 is 14.3 Å². The van der Waals surface area contributed by atoms with Gasteiger partial charge in [-0.05, 0) is 58.6 Å². The van der Waals surface area contributed by atoms with Crippen LogP contribution in [0.5, 0.6) is 5.75 Å². The summed E-state index contributed by atoms with van der Waals surface area (Å²) in [6, 6.07) is 10.1. The highest BCUT2D eigenvalue weighted by atomic mass is 79.9. The minimum Gasteiger partial charge on any atom is -0.483 e. The molecular weight excluding hydrogens is 491 g/mol. The van der Waals surface area contributed by atoms with Gasteiger partial charge in [-0.3, -0.25) is 9.59 Å². The van der Waals surface area contributed by atoms with Crippen LogP contribution < -0.4 is 10.1 Å². The van der Waals surface area contributed by atoms with Gasteiger partial charge in [-0.2, -0.15) is 0 Å². The van der Waals surface area contributed by atoms with Crippen LogP contribution in [-0.2, 0) is 16.1 Å². The van der Waals surface area contributed by atoms with Crippen molar-refractivity contribution >= 4 is 50.9 Å². The summed E-state index contributed by atoms with van der Waals surface area (Å²) in [6.07, 6.45) is 0. The van der Waals surface area contributed by atoms with Crippen LogP contribution in [0.3, 0.4) is 0 Å². The fourth-order valence-corrected chi connectivity index (χ4v) is 3.89. The average molecular weight is 516 g/mol. The molecule has 0 heterocycles. The van der Waals surface area contributed by atoms with Crippen LogP contribution in [0.1, 0.15) is 37.8 Å². The molecule has 2 amide bonds. The van der Waals surface area contributed by atoms with Gasteiger partial charge >= 0.3 is 0 Å². The molecule has 8 heteroatoms. The van der Waals surface area contributed by atoms with Gasteiger partial charge in [-0.1, -0.05) is 49.2 Å². The van der Waals surface area contributed by atoms with Crippen LogP contribution in [0, 0.1) is 0 Å². The summed E-state index contributed by atoms with van der Waals surface area (Å²) in [7, 11) is 1.52. The summed E-state index contributed by atoms with van der Waals surface area (Å²) < 4.78 is 6.51. The lowest BCUT2D eigenvalue weighted by atomic mass is 10.0. The minimum atomic E-state index is -0.731. The lowest BCUT2D eigenvalue weighted by Crippen LogP contribution is -2.48. The number of nitrogens with one attached hydrogen (secondary N) is 1. The Labute approximate surface area is 195 Å². The molecule has 2 aromatic rings. The van der Waals surface area contributed by atoms with Crippen molar-refractivity contribution in [2.45, 2.75) is 39.3 Å². The van der Waals surface area contributed by atoms with Crippen molar-refractivity contribution in [3.63, 3.8) is 0 Å². The Morgan fingerprint density at radius 1 is 1.13 bits per heavy atom. The van der Waals surface area contributed by atoms with Crippen LogP contribution in [-0.4, -0.2) is 36.4 Å². The summed E-state index contributed by atoms with van der Waals surface area (Å²) in [5, 5.41) is 3.42. The molecule has 162 valence electrons. The fourth-order valence-electron chi connectivity index (χ4n) is 2.86. The standard InChI is InChI=1S/C22H25BrCl2N2O3/c1-13(2)15-8-9-20(17(23)10-15)30-12-21(28)27(14(3)22(29)26-4)11-16-18(24)6-5-7-19(16)25/h5-10,13-14H,11-12H2,1-4H3,(H,26,29)/t14-/m0/s1. The number of carbonyl (C=O) groups is 2. The molecule has 1 N–H and O–H groups in total. The van der Waals surface area contributed by atoms with E-state index in [0.717, 1.165) is 10.0 Å². The second-order valence-corrected chi connectivity index (χ2v) is 8.81. The molecule has 2 rings (SSSR count). The number of amides is 2. The zero-order valence-electron chi connectivity index (χ0n) is 17.3. The second-order valence-electron chi connectivity index (χ2n) is 7.15. The van der Waals surface area contributed by atoms with Gasteiger partial charge in [0.05, 0.1) is 4.47 Å². The number of benzene rings is 2. The van der Waals surface area contributed by atoms with E-state index in [1.54, 1.807) is 25.1 Å². The third-order valence-electron chi connectivity index (χ3n) is 4.78. The maximum atomic E-state index is 13.0. The van der Waals surface area contributed by atoms with Gasteiger partial charge in [0.25, 0.3) is 5.91 Å². The minimum absolute atomic E-state index is 0.0861. The van der Waals surface area contributed by atoms with Crippen LogP contribution in [0.2, 0.25) is 10.0 Å². The molecule has 0 aliphatic heterocycles. The Morgan fingerprint density at radius 2 is 1.77 bits per heavy atom. The molecule has 0 aromatic heterocycles. The summed E-state index contributed by atoms with van der Waals surface area (Å²) in [4.78, 5) is 26.6. The maximum absolute atomic E-state index is 13.0. The topological polar surface area (TPSA) is 58.6 Å². The van der Waals surface area contributed by atoms with E-state index in [0.29, 0.717) is 27.3 Å². The van der Waals surface area contributed by atoms with Gasteiger partial charge in [0.15, 0.2) is 6.61 Å². The first-order valence-corrected chi connectivity index (χ1v) is 11.1. The van der Waals surface area contributed by atoms with E-state index in [9.17, 15) is 9.59 Å². The van der Waals surface area contributed by atoms with Crippen LogP contribution in [0.15, 0.2) is 40.9 Å². The molecule has 0 aliphatic rings. The number of nitrogens with zero attached hydrogens (tertiary/aromatic N) is 1. The van der Waals surface area contributed by atoms with Gasteiger partial charge < -0.3 is 15.0 Å². The zero-order chi connectivity index (χ0) is 22.4. The number of carbonyl (C=O) groups excluding carboxylic acids is 2. The molecule has 0 aliphatic carbocycles. The molecule has 0 saturated carbocycles. The number of hydrogen-bond acceptors (Lipinski definition) is 3. The van der Waals surface area contributed by atoms with E-state index in [-0.39, 0.29) is 25.0 Å². The van der Waals surface area contributed by atoms with Crippen LogP contribution in [0.4, 0.5) is 0 Å². The summed E-state index contributed by atoms with van der Waals surface area (Å²) in [6.45, 7) is 5.70. The predicted molar refractivity (Wildman–Crippen MR) is 124 cm³/mol. The molecule has 0 saturated heterocycles. The van der Waals surface area contributed by atoms with Crippen molar-refractivity contribution in [3.05, 3.63) is 62.0 Å². The van der Waals surface area contributed by atoms with E-state index in [4.69, 9.17) is 27.9 Å². The zero-order valence-corrected chi connectivity index (χ0v) is 20.4. The van der Waals surface area contributed by atoms with Crippen molar-refractivity contribution in [2.24, 2.45) is 0 Å². The monoisotopic (exact) mass is 514 g/mol. The van der Waals surface area contributed by atoms with Crippen LogP contribution in [0.25, 0.3) is 0 Å². The largest absolute Gasteiger partial charge is 0.483 e. The number of hydrogen-bond donors (Lipinski definition) is 1. The van der Waals surface area contributed by atoms with Crippen molar-refractivity contribution in [1.29, 1.82) is 0 Å². The Hall–Kier alpha value is -1.76. The Balaban J connectivity index is 2.21. The van der Waals surface area contributed by atoms with Gasteiger partial charge in [-0.25, -0.2) is 0 Å². The number of halogens is 3. The van der Waals surface area contributed by atoms with Crippen molar-refractivity contribution in [2.75, 3.05) is 13.7 Å². The van der Waals surface area contributed by atoms with E-state index in [1.165, 1.54) is 11.9 Å². The SMILES string of the molecule is CNC(=O)[C@H](C)N(Cc1c(Cl)cccc1Cl)C(=O)COc1ccc(C(C)C)cc1Br. The Kier molecular flexibility index (Phi) is 9.01. The number of rotatable bonds is 8. The predicted octanol–water partition coefficient (Wildman–Crippen LogP) is 5.42. The quantitative estimate of drug-likeness (QED) is 0.510. The molecule has 30 heavy (non-hydrogen) atoms. The van der Waals surface area contributed by atoms with Gasteiger partial charge in [0.1, 0.15) is 11.8 Å². The molecule has 0 fully saturated rings. The van der Waals surface area contributed by atoms with E-state index < -0.39 is 6.04 Å². The van der Waals surface area contributed by atoms with Crippen molar-refractivity contribution in [3.8, 4) is 5.75 Å². The molecule has 2 aromatic carbocycles. The highest BCUT2D eigenvalue weighted by Crippen LogP contribution is 2.30. The lowest BCUT2D eigenvalue weighted by Gasteiger charge is -2.29. The highest BCUT2D eigenvalue weighted by Gasteiger charge is 2.27. The number of likely N-dealkylation sites (N-methyl/N-ethyl adjacent to an activating group) is 1. The normalized spacial score (nSPS) is 11.9. The van der Waals surface area contributed by atoms with Gasteiger partial charge in [0.2, 0.25) is 5.91 Å². The molecule has 1 atom stereocenters. The third-order valence-corrected chi connectivity index (χ3v) is 6.11. The molecular formula is C22H25BrCl2N2O3. The molecule has 0 unspecified atom stereocenters. The highest BCUT2D eigenvalue weighted by molar-refractivity contribution is 9.10. The summed E-state index contributed by atoms with van der Waals surface area (Å²) in [5.74, 6) is 0.272. The molecule has 0 bridgehead atoms. The Morgan fingerprint density at radius 3 is 2.30 bits per heavy atom. The van der Waals surface area contributed by atoms with Crippen molar-refractivity contribution in [1.82, 2.24) is 10.2 Å². The van der Waals surface area contributed by atoms with Gasteiger partial charge in [-0.15, -0.1) is 0 Å². The average Bonchev–Trinajstić information content (AvgIpc) is 2.71. The summed E-state index contributed by atoms with van der Waals surface area (Å²) in [5.41, 5.74) is 1.73. The first-order valence-electron chi connectivity index (χ1n) is 9.51.